The number of ether oxygens (including phenoxy) is 2. The van der Waals surface area contributed by atoms with Gasteiger partial charge in [-0.15, -0.1) is 0 Å². The Kier molecular flexibility index (Phi) is 43.8. The van der Waals surface area contributed by atoms with Crippen LogP contribution in [0.25, 0.3) is 0 Å². The molecule has 0 bridgehead atoms. The molecule has 3 N–H and O–H groups in total. The summed E-state index contributed by atoms with van der Waals surface area (Å²) in [6.07, 6.45) is 51.6. The van der Waals surface area contributed by atoms with E-state index in [1.54, 1.807) is 0 Å². The van der Waals surface area contributed by atoms with Crippen LogP contribution in [0.5, 0.6) is 0 Å². The van der Waals surface area contributed by atoms with Gasteiger partial charge in [0.2, 0.25) is 0 Å². The largest absolute Gasteiger partial charge is 0.472 e. The number of hydrogen-bond donors (Lipinski definition) is 2. The zero-order chi connectivity index (χ0) is 40.9. The lowest BCUT2D eigenvalue weighted by atomic mass is 10.1. The van der Waals surface area contributed by atoms with E-state index in [1.165, 1.54) is 161 Å². The number of nitrogens with two attached hydrogens (primary N) is 1. The summed E-state index contributed by atoms with van der Waals surface area (Å²) in [6.45, 7) is 4.90. The molecule has 0 radical (unpaired) electrons. The summed E-state index contributed by atoms with van der Waals surface area (Å²) >= 11 is 0. The second kappa shape index (κ2) is 44.8. The van der Waals surface area contributed by atoms with Gasteiger partial charge in [0.05, 0.1) is 19.8 Å². The monoisotopic (exact) mass is 812 g/mol. The van der Waals surface area contributed by atoms with Crippen LogP contribution in [0.1, 0.15) is 219 Å². The summed E-state index contributed by atoms with van der Waals surface area (Å²) in [5, 5.41) is 0. The molecule has 0 aliphatic rings. The number of carbonyl (C=O) groups is 1. The van der Waals surface area contributed by atoms with Crippen molar-refractivity contribution in [3.63, 3.8) is 0 Å². The van der Waals surface area contributed by atoms with Gasteiger partial charge in [0.25, 0.3) is 0 Å². The summed E-state index contributed by atoms with van der Waals surface area (Å²) in [6, 6.07) is 0. The Morgan fingerprint density at radius 2 is 0.946 bits per heavy atom. The molecule has 330 valence electrons. The van der Waals surface area contributed by atoms with E-state index in [0.29, 0.717) is 13.0 Å². The average Bonchev–Trinajstić information content (AvgIpc) is 3.19. The molecule has 0 spiro atoms. The highest BCUT2D eigenvalue weighted by atomic mass is 31.2. The maximum absolute atomic E-state index is 12.6. The standard InChI is InChI=1S/C47H90NO7P/c1-3-5-7-9-11-13-15-17-19-21-23-24-26-28-30-32-34-36-38-40-47(49)55-46(45-54-56(50,51)53-43-41-48)44-52-42-39-37-35-33-31-29-27-25-22-20-18-16-14-12-10-8-6-4-2/h12,14,17-20,46H,3-11,13,15-16,21-45,48H2,1-2H3,(H,50,51)/b14-12-,19-17-,20-18-. The molecule has 0 aliphatic carbocycles. The minimum atomic E-state index is -4.28. The molecule has 0 aliphatic heterocycles. The SMILES string of the molecule is CCCCC/C=C\C/C=C\CCCCCCCCCCOCC(COP(=O)(O)OCCN)OC(=O)CCCCCCCCCCC/C=C\CCCCCCCC. The van der Waals surface area contributed by atoms with Crippen LogP contribution in [-0.4, -0.2) is 49.9 Å². The van der Waals surface area contributed by atoms with Crippen LogP contribution in [0, 0.1) is 0 Å². The predicted octanol–water partition coefficient (Wildman–Crippen LogP) is 14.2. The van der Waals surface area contributed by atoms with Gasteiger partial charge < -0.3 is 20.1 Å². The zero-order valence-corrected chi connectivity index (χ0v) is 37.5. The third kappa shape index (κ3) is 43.8. The molecule has 0 amide bonds. The zero-order valence-electron chi connectivity index (χ0n) is 36.6. The Labute approximate surface area is 346 Å². The van der Waals surface area contributed by atoms with E-state index < -0.39 is 13.9 Å². The topological polar surface area (TPSA) is 117 Å². The molecule has 0 saturated heterocycles. The lowest BCUT2D eigenvalue weighted by molar-refractivity contribution is -0.154. The first-order chi connectivity index (χ1) is 27.4. The van der Waals surface area contributed by atoms with Gasteiger partial charge in [-0.25, -0.2) is 4.57 Å². The number of rotatable bonds is 45. The lowest BCUT2D eigenvalue weighted by Gasteiger charge is -2.20. The Hall–Kier alpha value is -1.28. The fraction of sp³-hybridized carbons (Fsp3) is 0.851. The summed E-state index contributed by atoms with van der Waals surface area (Å²) in [7, 11) is -4.28. The first kappa shape index (κ1) is 54.7. The van der Waals surface area contributed by atoms with Crippen LogP contribution in [0.2, 0.25) is 0 Å². The van der Waals surface area contributed by atoms with Gasteiger partial charge in [0, 0.05) is 19.6 Å². The number of phosphoric ester groups is 1. The van der Waals surface area contributed by atoms with E-state index in [-0.39, 0.29) is 32.3 Å². The fourth-order valence-electron chi connectivity index (χ4n) is 6.55. The normalized spacial score (nSPS) is 13.7. The number of phosphoric acid groups is 1. The highest BCUT2D eigenvalue weighted by Crippen LogP contribution is 2.43. The van der Waals surface area contributed by atoms with Gasteiger partial charge in [-0.2, -0.15) is 0 Å². The van der Waals surface area contributed by atoms with Gasteiger partial charge in [0.1, 0.15) is 6.10 Å². The molecular weight excluding hydrogens is 721 g/mol. The molecule has 0 heterocycles. The van der Waals surface area contributed by atoms with Crippen LogP contribution in [-0.2, 0) is 27.9 Å². The maximum Gasteiger partial charge on any atom is 0.472 e. The lowest BCUT2D eigenvalue weighted by Crippen LogP contribution is -2.28. The fourth-order valence-corrected chi connectivity index (χ4v) is 7.32. The van der Waals surface area contributed by atoms with Crippen molar-refractivity contribution in [3.8, 4) is 0 Å². The van der Waals surface area contributed by atoms with Gasteiger partial charge in [-0.05, 0) is 70.6 Å². The van der Waals surface area contributed by atoms with Gasteiger partial charge >= 0.3 is 13.8 Å². The Morgan fingerprint density at radius 3 is 1.45 bits per heavy atom. The molecule has 2 unspecified atom stereocenters. The van der Waals surface area contributed by atoms with Crippen molar-refractivity contribution >= 4 is 13.8 Å². The van der Waals surface area contributed by atoms with E-state index in [9.17, 15) is 14.3 Å². The molecule has 0 fully saturated rings. The van der Waals surface area contributed by atoms with E-state index in [0.717, 1.165) is 38.5 Å². The second-order valence-electron chi connectivity index (χ2n) is 15.6. The second-order valence-corrected chi connectivity index (χ2v) is 17.1. The number of hydrogen-bond acceptors (Lipinski definition) is 7. The average molecular weight is 812 g/mol. The molecule has 8 nitrogen and oxygen atoms in total. The van der Waals surface area contributed by atoms with Crippen LogP contribution in [0.4, 0.5) is 0 Å². The third-order valence-electron chi connectivity index (χ3n) is 10.0. The predicted molar refractivity (Wildman–Crippen MR) is 238 cm³/mol. The van der Waals surface area contributed by atoms with Crippen molar-refractivity contribution in [2.75, 3.05) is 33.0 Å². The van der Waals surface area contributed by atoms with E-state index >= 15 is 0 Å². The summed E-state index contributed by atoms with van der Waals surface area (Å²) in [4.78, 5) is 22.5. The van der Waals surface area contributed by atoms with Crippen LogP contribution < -0.4 is 5.73 Å². The molecule has 0 aromatic carbocycles. The molecule has 0 aromatic heterocycles. The van der Waals surface area contributed by atoms with Crippen molar-refractivity contribution < 1.29 is 32.8 Å². The smallest absolute Gasteiger partial charge is 0.457 e. The first-order valence-corrected chi connectivity index (χ1v) is 25.0. The van der Waals surface area contributed by atoms with Crippen molar-refractivity contribution in [1.29, 1.82) is 0 Å². The minimum absolute atomic E-state index is 0.0968. The molecule has 9 heteroatoms. The molecule has 0 aromatic rings. The number of carbonyl (C=O) groups excluding carboxylic acids is 1. The van der Waals surface area contributed by atoms with Gasteiger partial charge in [-0.1, -0.05) is 179 Å². The van der Waals surface area contributed by atoms with Gasteiger partial charge in [-0.3, -0.25) is 13.8 Å². The minimum Gasteiger partial charge on any atom is -0.457 e. The van der Waals surface area contributed by atoms with Crippen molar-refractivity contribution in [1.82, 2.24) is 0 Å². The maximum atomic E-state index is 12.6. The molecule has 2 atom stereocenters. The van der Waals surface area contributed by atoms with E-state index in [4.69, 9.17) is 24.3 Å². The summed E-state index contributed by atoms with van der Waals surface area (Å²) in [5.74, 6) is -0.333. The molecule has 0 saturated carbocycles. The van der Waals surface area contributed by atoms with Crippen molar-refractivity contribution in [3.05, 3.63) is 36.5 Å². The molecule has 0 rings (SSSR count). The summed E-state index contributed by atoms with van der Waals surface area (Å²) in [5.41, 5.74) is 5.38. The Balaban J connectivity index is 3.99. The van der Waals surface area contributed by atoms with Crippen LogP contribution in [0.3, 0.4) is 0 Å². The quantitative estimate of drug-likeness (QED) is 0.0270. The van der Waals surface area contributed by atoms with E-state index in [2.05, 4.69) is 50.3 Å². The van der Waals surface area contributed by atoms with E-state index in [1.807, 2.05) is 0 Å². The highest BCUT2D eigenvalue weighted by molar-refractivity contribution is 7.47. The Morgan fingerprint density at radius 1 is 0.536 bits per heavy atom. The molecule has 56 heavy (non-hydrogen) atoms. The van der Waals surface area contributed by atoms with Crippen LogP contribution >= 0.6 is 7.82 Å². The highest BCUT2D eigenvalue weighted by Gasteiger charge is 2.25. The third-order valence-corrected chi connectivity index (χ3v) is 11.0. The first-order valence-electron chi connectivity index (χ1n) is 23.5. The molecular formula is C47H90NO7P. The Bertz CT molecular complexity index is 957. The van der Waals surface area contributed by atoms with Crippen molar-refractivity contribution in [2.45, 2.75) is 225 Å². The number of allylic oxidation sites excluding steroid dienone is 6. The van der Waals surface area contributed by atoms with Crippen LogP contribution in [0.15, 0.2) is 36.5 Å². The number of esters is 1. The van der Waals surface area contributed by atoms with Gasteiger partial charge in [0.15, 0.2) is 0 Å². The number of unbranched alkanes of at least 4 members (excludes halogenated alkanes) is 26. The summed E-state index contributed by atoms with van der Waals surface area (Å²) < 4.78 is 33.5. The van der Waals surface area contributed by atoms with Crippen molar-refractivity contribution in [2.24, 2.45) is 5.73 Å².